The van der Waals surface area contributed by atoms with Crippen molar-refractivity contribution in [2.45, 2.75) is 12.8 Å². The molecular weight excluding hydrogens is 128 g/mol. The van der Waals surface area contributed by atoms with Crippen LogP contribution in [0.1, 0.15) is 12.8 Å². The molecule has 1 amide bonds. The van der Waals surface area contributed by atoms with Crippen molar-refractivity contribution in [2.24, 2.45) is 0 Å². The van der Waals surface area contributed by atoms with Gasteiger partial charge in [-0.25, -0.2) is 0 Å². The summed E-state index contributed by atoms with van der Waals surface area (Å²) < 4.78 is 0. The van der Waals surface area contributed by atoms with Crippen LogP contribution in [0.5, 0.6) is 0 Å². The predicted molar refractivity (Wildman–Crippen MR) is 39.4 cm³/mol. The van der Waals surface area contributed by atoms with E-state index in [-0.39, 0.29) is 0 Å². The Bertz CT molecular complexity index is 97.8. The molecule has 0 bridgehead atoms. The normalized spacial score (nSPS) is 21.4. The number of hydrogen-bond acceptors (Lipinski definition) is 2. The van der Waals surface area contributed by atoms with Crippen LogP contribution in [0.3, 0.4) is 0 Å². The van der Waals surface area contributed by atoms with E-state index in [2.05, 4.69) is 5.32 Å². The summed E-state index contributed by atoms with van der Waals surface area (Å²) in [7, 11) is 0. The van der Waals surface area contributed by atoms with Crippen molar-refractivity contribution in [3.63, 3.8) is 0 Å². The van der Waals surface area contributed by atoms with Crippen LogP contribution in [0.25, 0.3) is 0 Å². The van der Waals surface area contributed by atoms with Crippen molar-refractivity contribution in [3.8, 4) is 0 Å². The molecule has 1 aliphatic rings. The fourth-order valence-electron chi connectivity index (χ4n) is 1.12. The Morgan fingerprint density at radius 2 is 1.80 bits per heavy atom. The maximum atomic E-state index is 10.2. The number of nitrogens with one attached hydrogen (secondary N) is 1. The molecule has 0 aliphatic carbocycles. The van der Waals surface area contributed by atoms with Crippen molar-refractivity contribution >= 4 is 6.41 Å². The number of hydrogen-bond donors (Lipinski definition) is 1. The van der Waals surface area contributed by atoms with Crippen LogP contribution in [-0.2, 0) is 4.79 Å². The zero-order chi connectivity index (χ0) is 7.23. The first kappa shape index (κ1) is 7.54. The van der Waals surface area contributed by atoms with Gasteiger partial charge in [-0.15, -0.1) is 0 Å². The van der Waals surface area contributed by atoms with Crippen molar-refractivity contribution in [2.75, 3.05) is 26.2 Å². The van der Waals surface area contributed by atoms with E-state index in [4.69, 9.17) is 0 Å². The minimum Gasteiger partial charge on any atom is -0.334 e. The average molecular weight is 141 g/mol. The minimum absolute atomic E-state index is 0.858. The molecule has 57 valence electrons. The van der Waals surface area contributed by atoms with Crippen LogP contribution in [0.15, 0.2) is 0 Å². The van der Waals surface area contributed by atoms with Crippen LogP contribution < -0.4 is 5.32 Å². The number of carbonyl (C=O) groups excluding carboxylic acids is 1. The molecule has 0 aromatic heterocycles. The topological polar surface area (TPSA) is 32.3 Å². The van der Waals surface area contributed by atoms with E-state index in [1.165, 1.54) is 0 Å². The summed E-state index contributed by atoms with van der Waals surface area (Å²) in [5, 5.41) is 3.28. The molecule has 0 atom stereocenters. The van der Waals surface area contributed by atoms with Crippen molar-refractivity contribution in [1.29, 1.82) is 0 Å². The maximum Gasteiger partial charge on any atom is 0.312 e. The van der Waals surface area contributed by atoms with Gasteiger partial charge in [-0.2, -0.15) is 0 Å². The third kappa shape index (κ3) is 2.35. The standard InChI is InChI=1S/C7H13N2O/c10-7-9-5-1-3-8-4-2-6-9/h8H,1-6H2. The average Bonchev–Trinajstić information content (AvgIpc) is 1.87. The van der Waals surface area contributed by atoms with Crippen LogP contribution in [0.2, 0.25) is 0 Å². The molecule has 1 fully saturated rings. The molecule has 1 rings (SSSR count). The van der Waals surface area contributed by atoms with Gasteiger partial charge in [0.25, 0.3) is 0 Å². The van der Waals surface area contributed by atoms with Gasteiger partial charge in [-0.05, 0) is 25.9 Å². The van der Waals surface area contributed by atoms with E-state index < -0.39 is 0 Å². The first-order valence-electron chi connectivity index (χ1n) is 3.77. The molecule has 1 heterocycles. The Morgan fingerprint density at radius 3 is 2.30 bits per heavy atom. The maximum absolute atomic E-state index is 10.2. The SMILES string of the molecule is O=[C]N1CCCNCCC1. The highest BCUT2D eigenvalue weighted by Crippen LogP contribution is 1.92. The van der Waals surface area contributed by atoms with Gasteiger partial charge in [0, 0.05) is 13.1 Å². The molecule has 3 nitrogen and oxygen atoms in total. The third-order valence-corrected chi connectivity index (χ3v) is 1.69. The smallest absolute Gasteiger partial charge is 0.312 e. The second-order valence-corrected chi connectivity index (χ2v) is 2.54. The summed E-state index contributed by atoms with van der Waals surface area (Å²) in [6.45, 7) is 3.77. The minimum atomic E-state index is 0.858. The molecule has 0 spiro atoms. The van der Waals surface area contributed by atoms with Gasteiger partial charge in [0.2, 0.25) is 0 Å². The molecule has 1 saturated heterocycles. The molecule has 1 aliphatic heterocycles. The summed E-state index contributed by atoms with van der Waals surface area (Å²) >= 11 is 0. The van der Waals surface area contributed by atoms with E-state index in [9.17, 15) is 4.79 Å². The lowest BCUT2D eigenvalue weighted by Gasteiger charge is -2.19. The van der Waals surface area contributed by atoms with Gasteiger partial charge in [0.1, 0.15) is 0 Å². The quantitative estimate of drug-likeness (QED) is 0.545. The zero-order valence-corrected chi connectivity index (χ0v) is 6.10. The van der Waals surface area contributed by atoms with Crippen molar-refractivity contribution in [3.05, 3.63) is 0 Å². The number of amides is 1. The lowest BCUT2D eigenvalue weighted by molar-refractivity contribution is 0.346. The van der Waals surface area contributed by atoms with E-state index >= 15 is 0 Å². The lowest BCUT2D eigenvalue weighted by atomic mass is 10.3. The summed E-state index contributed by atoms with van der Waals surface area (Å²) in [4.78, 5) is 11.9. The molecule has 0 unspecified atom stereocenters. The van der Waals surface area contributed by atoms with Gasteiger partial charge >= 0.3 is 6.41 Å². The van der Waals surface area contributed by atoms with Crippen molar-refractivity contribution < 1.29 is 4.79 Å². The fourth-order valence-corrected chi connectivity index (χ4v) is 1.12. The summed E-state index contributed by atoms with van der Waals surface area (Å²) in [6, 6.07) is 0. The van der Waals surface area contributed by atoms with Gasteiger partial charge < -0.3 is 10.2 Å². The van der Waals surface area contributed by atoms with Crippen molar-refractivity contribution in [1.82, 2.24) is 10.2 Å². The summed E-state index contributed by atoms with van der Waals surface area (Å²) in [5.74, 6) is 0. The first-order valence-corrected chi connectivity index (χ1v) is 3.77. The second kappa shape index (κ2) is 4.28. The summed E-state index contributed by atoms with van der Waals surface area (Å²) in [5.41, 5.74) is 0. The molecule has 0 aromatic rings. The zero-order valence-electron chi connectivity index (χ0n) is 6.10. The van der Waals surface area contributed by atoms with Gasteiger partial charge in [0.05, 0.1) is 0 Å². The lowest BCUT2D eigenvalue weighted by Crippen LogP contribution is -2.32. The van der Waals surface area contributed by atoms with Crippen LogP contribution >= 0.6 is 0 Å². The van der Waals surface area contributed by atoms with Crippen LogP contribution in [-0.4, -0.2) is 37.5 Å². The molecule has 1 radical (unpaired) electrons. The Labute approximate surface area is 61.4 Å². The Morgan fingerprint density at radius 1 is 1.20 bits per heavy atom. The Hall–Kier alpha value is -0.570. The highest BCUT2D eigenvalue weighted by atomic mass is 16.1. The van der Waals surface area contributed by atoms with Gasteiger partial charge in [-0.1, -0.05) is 0 Å². The van der Waals surface area contributed by atoms with E-state index in [0.29, 0.717) is 0 Å². The van der Waals surface area contributed by atoms with E-state index in [0.717, 1.165) is 39.0 Å². The predicted octanol–water partition coefficient (Wildman–Crippen LogP) is -0.261. The molecule has 0 aromatic carbocycles. The molecule has 0 saturated carbocycles. The second-order valence-electron chi connectivity index (χ2n) is 2.54. The molecular formula is C7H13N2O. The Kier molecular flexibility index (Phi) is 3.22. The number of nitrogens with zero attached hydrogens (tertiary/aromatic N) is 1. The highest BCUT2D eigenvalue weighted by Gasteiger charge is 2.04. The van der Waals surface area contributed by atoms with Crippen LogP contribution in [0, 0.1) is 0 Å². The number of rotatable bonds is 1. The van der Waals surface area contributed by atoms with Gasteiger partial charge in [0.15, 0.2) is 0 Å². The largest absolute Gasteiger partial charge is 0.334 e. The third-order valence-electron chi connectivity index (χ3n) is 1.69. The summed E-state index contributed by atoms with van der Waals surface area (Å²) in [6.07, 6.45) is 4.03. The van der Waals surface area contributed by atoms with Crippen LogP contribution in [0.4, 0.5) is 0 Å². The van der Waals surface area contributed by atoms with Gasteiger partial charge in [-0.3, -0.25) is 4.79 Å². The Balaban J connectivity index is 2.22. The fraction of sp³-hybridized carbons (Fsp3) is 0.857. The highest BCUT2D eigenvalue weighted by molar-refractivity contribution is 5.47. The monoisotopic (exact) mass is 141 g/mol. The molecule has 1 N–H and O–H groups in total. The van der Waals surface area contributed by atoms with E-state index in [1.807, 2.05) is 6.41 Å². The molecule has 10 heavy (non-hydrogen) atoms. The molecule has 3 heteroatoms. The first-order chi connectivity index (χ1) is 4.93. The van der Waals surface area contributed by atoms with E-state index in [1.54, 1.807) is 4.90 Å².